The summed E-state index contributed by atoms with van der Waals surface area (Å²) >= 11 is 6.30. The van der Waals surface area contributed by atoms with Crippen LogP contribution < -0.4 is 25.6 Å². The van der Waals surface area contributed by atoms with Crippen molar-refractivity contribution < 1.29 is 37.0 Å². The fraction of sp³-hybridized carbons (Fsp3) is 0.125. The molecule has 3 N–H and O–H groups in total. The zero-order chi connectivity index (χ0) is 34.8. The van der Waals surface area contributed by atoms with Gasteiger partial charge < -0.3 is 30.6 Å². The molecule has 2 aromatic heterocycles. The van der Waals surface area contributed by atoms with E-state index in [0.717, 1.165) is 0 Å². The SMILES string of the molecule is CNC(=O)c1ccccc1Nc1nc(Nc2ccc(CC(=O)OCC#CCOc3no[n+]([O-])c3S(=O)(=O)c3ccccc3)cc2)ncc1Cl. The van der Waals surface area contributed by atoms with Crippen molar-refractivity contribution in [1.82, 2.24) is 20.4 Å². The minimum absolute atomic E-state index is 0.0299. The van der Waals surface area contributed by atoms with Crippen molar-refractivity contribution >= 4 is 56.5 Å². The number of ether oxygens (including phenoxy) is 2. The van der Waals surface area contributed by atoms with E-state index in [-0.39, 0.29) is 46.3 Å². The van der Waals surface area contributed by atoms with Crippen molar-refractivity contribution in [2.24, 2.45) is 0 Å². The first-order chi connectivity index (χ1) is 23.7. The third-order valence-electron chi connectivity index (χ3n) is 6.52. The number of para-hydroxylation sites is 1. The normalized spacial score (nSPS) is 10.7. The van der Waals surface area contributed by atoms with Gasteiger partial charge in [0.15, 0.2) is 19.0 Å². The van der Waals surface area contributed by atoms with Gasteiger partial charge in [-0.2, -0.15) is 4.98 Å². The lowest BCUT2D eigenvalue weighted by atomic mass is 10.1. The maximum Gasteiger partial charge on any atom is 0.415 e. The summed E-state index contributed by atoms with van der Waals surface area (Å²) in [7, 11) is -2.72. The topological polar surface area (TPSA) is 202 Å². The summed E-state index contributed by atoms with van der Waals surface area (Å²) in [5.41, 5.74) is 2.23. The predicted octanol–water partition coefficient (Wildman–Crippen LogP) is 3.60. The Balaban J connectivity index is 1.10. The van der Waals surface area contributed by atoms with Crippen molar-refractivity contribution in [2.75, 3.05) is 30.9 Å². The summed E-state index contributed by atoms with van der Waals surface area (Å²) in [5, 5.41) is 23.5. The summed E-state index contributed by atoms with van der Waals surface area (Å²) < 4.78 is 40.3. The Morgan fingerprint density at radius 1 is 0.980 bits per heavy atom. The monoisotopic (exact) mass is 703 g/mol. The molecule has 0 fully saturated rings. The van der Waals surface area contributed by atoms with E-state index in [1.807, 2.05) is 0 Å². The Morgan fingerprint density at radius 2 is 1.69 bits per heavy atom. The lowest BCUT2D eigenvalue weighted by molar-refractivity contribution is -0.832. The number of rotatable bonds is 12. The third kappa shape index (κ3) is 8.60. The van der Waals surface area contributed by atoms with Gasteiger partial charge in [-0.15, -0.1) is 0 Å². The summed E-state index contributed by atoms with van der Waals surface area (Å²) in [4.78, 5) is 32.8. The number of halogens is 1. The summed E-state index contributed by atoms with van der Waals surface area (Å²) in [6.07, 6.45) is 1.39. The lowest BCUT2D eigenvalue weighted by Crippen LogP contribution is -2.30. The Labute approximate surface area is 284 Å². The molecule has 0 unspecified atom stereocenters. The third-order valence-corrected chi connectivity index (χ3v) is 8.52. The van der Waals surface area contributed by atoms with Crippen LogP contribution in [0, 0.1) is 17.0 Å². The maximum atomic E-state index is 12.8. The van der Waals surface area contributed by atoms with Gasteiger partial charge in [0.25, 0.3) is 15.7 Å². The van der Waals surface area contributed by atoms with Crippen LogP contribution in [0.1, 0.15) is 15.9 Å². The summed E-state index contributed by atoms with van der Waals surface area (Å²) in [5.74, 6) is 4.30. The molecule has 49 heavy (non-hydrogen) atoms. The molecule has 0 aliphatic heterocycles. The van der Waals surface area contributed by atoms with Gasteiger partial charge in [0, 0.05) is 12.7 Å². The molecule has 0 aliphatic carbocycles. The molecular weight excluding hydrogens is 678 g/mol. The zero-order valence-corrected chi connectivity index (χ0v) is 27.1. The quantitative estimate of drug-likeness (QED) is 0.0967. The highest BCUT2D eigenvalue weighted by Gasteiger charge is 2.35. The fourth-order valence-electron chi connectivity index (χ4n) is 4.18. The molecule has 250 valence electrons. The Morgan fingerprint density at radius 3 is 2.45 bits per heavy atom. The largest absolute Gasteiger partial charge is 0.452 e. The van der Waals surface area contributed by atoms with Crippen LogP contribution in [0.2, 0.25) is 5.02 Å². The van der Waals surface area contributed by atoms with Crippen molar-refractivity contribution in [3.8, 4) is 17.7 Å². The Bertz CT molecular complexity index is 2130. The van der Waals surface area contributed by atoms with Crippen molar-refractivity contribution in [3.63, 3.8) is 0 Å². The van der Waals surface area contributed by atoms with E-state index in [4.69, 9.17) is 21.1 Å². The molecule has 5 rings (SSSR count). The van der Waals surface area contributed by atoms with Crippen molar-refractivity contribution in [3.05, 3.63) is 106 Å². The minimum atomic E-state index is -4.26. The first-order valence-electron chi connectivity index (χ1n) is 14.3. The molecule has 5 aromatic rings. The number of benzene rings is 3. The second-order valence-corrected chi connectivity index (χ2v) is 12.1. The van der Waals surface area contributed by atoms with Gasteiger partial charge in [-0.05, 0) is 46.9 Å². The van der Waals surface area contributed by atoms with E-state index in [1.165, 1.54) is 37.5 Å². The Kier molecular flexibility index (Phi) is 10.9. The van der Waals surface area contributed by atoms with Gasteiger partial charge in [-0.25, -0.2) is 13.4 Å². The number of hydrogen-bond donors (Lipinski definition) is 3. The molecule has 0 saturated carbocycles. The first-order valence-corrected chi connectivity index (χ1v) is 16.1. The van der Waals surface area contributed by atoms with Crippen LogP contribution in [0.5, 0.6) is 5.88 Å². The van der Waals surface area contributed by atoms with Crippen molar-refractivity contribution in [2.45, 2.75) is 16.3 Å². The van der Waals surface area contributed by atoms with Crippen LogP contribution in [0.15, 0.2) is 99.6 Å². The highest BCUT2D eigenvalue weighted by Crippen LogP contribution is 2.27. The van der Waals surface area contributed by atoms with Gasteiger partial charge in [0.1, 0.15) is 5.02 Å². The standard InChI is InChI=1S/C32H26ClN7O8S/c1-34-29(42)24-11-5-6-12-26(24)37-28-25(33)20-35-32(38-28)36-22-15-13-21(14-16-22)19-27(41)46-17-7-8-18-47-30-31(40(43)48-39-30)49(44,45)23-9-3-2-4-10-23/h2-6,9-16,20H,17-19H2,1H3,(H,34,42)(H2,35,36,37,38). The van der Waals surface area contributed by atoms with Gasteiger partial charge in [0.05, 0.1) is 33.9 Å². The first kappa shape index (κ1) is 34.2. The number of hydrogen-bond acceptors (Lipinski definition) is 13. The van der Waals surface area contributed by atoms with Crippen LogP contribution in [0.25, 0.3) is 0 Å². The average molecular weight is 704 g/mol. The predicted molar refractivity (Wildman–Crippen MR) is 175 cm³/mol. The molecule has 1 amide bonds. The Hall–Kier alpha value is -6.18. The molecule has 2 heterocycles. The second-order valence-electron chi connectivity index (χ2n) is 9.80. The molecule has 0 radical (unpaired) electrons. The smallest absolute Gasteiger partial charge is 0.415 e. The molecule has 17 heteroatoms. The number of carbonyl (C=O) groups is 2. The van der Waals surface area contributed by atoms with E-state index in [1.54, 1.807) is 54.6 Å². The second kappa shape index (κ2) is 15.6. The highest BCUT2D eigenvalue weighted by atomic mass is 35.5. The summed E-state index contributed by atoms with van der Waals surface area (Å²) in [6, 6.07) is 21.1. The fourth-order valence-corrected chi connectivity index (χ4v) is 5.62. The van der Waals surface area contributed by atoms with Gasteiger partial charge in [-0.3, -0.25) is 14.2 Å². The number of amides is 1. The summed E-state index contributed by atoms with van der Waals surface area (Å²) in [6.45, 7) is -0.608. The molecular formula is C32H26ClN7O8S. The molecule has 3 aromatic carbocycles. The van der Waals surface area contributed by atoms with Gasteiger partial charge >= 0.3 is 16.9 Å². The molecule has 0 saturated heterocycles. The van der Waals surface area contributed by atoms with Crippen LogP contribution in [0.3, 0.4) is 0 Å². The maximum absolute atomic E-state index is 12.8. The lowest BCUT2D eigenvalue weighted by Gasteiger charge is -2.13. The van der Waals surface area contributed by atoms with Gasteiger partial charge in [-0.1, -0.05) is 65.9 Å². The van der Waals surface area contributed by atoms with E-state index in [0.29, 0.717) is 28.3 Å². The number of aromatic nitrogens is 4. The molecule has 0 spiro atoms. The number of anilines is 4. The van der Waals surface area contributed by atoms with Crippen LogP contribution in [0.4, 0.5) is 23.1 Å². The van der Waals surface area contributed by atoms with E-state index in [2.05, 4.69) is 47.5 Å². The number of carbonyl (C=O) groups excluding carboxylic acids is 2. The average Bonchev–Trinajstić information content (AvgIpc) is 3.49. The van der Waals surface area contributed by atoms with Crippen LogP contribution >= 0.6 is 11.6 Å². The number of nitrogens with zero attached hydrogens (tertiary/aromatic N) is 4. The molecule has 15 nitrogen and oxygen atoms in total. The van der Waals surface area contributed by atoms with E-state index >= 15 is 0 Å². The zero-order valence-electron chi connectivity index (χ0n) is 25.5. The molecule has 0 atom stereocenters. The van der Waals surface area contributed by atoms with Crippen LogP contribution in [-0.4, -0.2) is 55.7 Å². The van der Waals surface area contributed by atoms with Crippen LogP contribution in [-0.2, 0) is 25.8 Å². The molecule has 0 aliphatic rings. The van der Waals surface area contributed by atoms with Gasteiger partial charge in [0.2, 0.25) is 5.95 Å². The number of esters is 1. The van der Waals surface area contributed by atoms with E-state index < -0.39 is 26.7 Å². The van der Waals surface area contributed by atoms with Crippen molar-refractivity contribution in [1.29, 1.82) is 0 Å². The minimum Gasteiger partial charge on any atom is -0.452 e. The molecule has 0 bridgehead atoms. The highest BCUT2D eigenvalue weighted by molar-refractivity contribution is 7.91. The number of nitrogens with one attached hydrogen (secondary N) is 3. The number of sulfone groups is 1. The van der Waals surface area contributed by atoms with E-state index in [9.17, 15) is 23.2 Å².